The number of rotatable bonds is 3. The van der Waals surface area contributed by atoms with Crippen molar-refractivity contribution >= 4 is 17.2 Å². The Kier molecular flexibility index (Phi) is 3.37. The number of alkyl halides is 2. The molecule has 1 fully saturated rings. The molecule has 5 nitrogen and oxygen atoms in total. The van der Waals surface area contributed by atoms with E-state index in [-0.39, 0.29) is 23.4 Å². The number of carbonyl (C=O) groups is 1. The van der Waals surface area contributed by atoms with Crippen LogP contribution < -0.4 is 4.74 Å². The lowest BCUT2D eigenvalue weighted by Crippen LogP contribution is -2.29. The minimum absolute atomic E-state index is 0.0251. The van der Waals surface area contributed by atoms with Crippen molar-refractivity contribution in [2.24, 2.45) is 5.92 Å². The number of aromatic nitrogens is 2. The van der Waals surface area contributed by atoms with Crippen molar-refractivity contribution in [2.45, 2.75) is 18.8 Å². The quantitative estimate of drug-likeness (QED) is 0.935. The Balaban J connectivity index is 1.53. The number of H-pyrrole nitrogens is 1. The number of halogens is 2. The molecule has 1 N–H and O–H groups in total. The Morgan fingerprint density at radius 1 is 1.48 bits per heavy atom. The summed E-state index contributed by atoms with van der Waals surface area (Å²) in [6, 6.07) is 3.53. The average Bonchev–Trinajstić information content (AvgIpc) is 3.26. The lowest BCUT2D eigenvalue weighted by molar-refractivity contribution is 0.0789. The lowest BCUT2D eigenvalue weighted by Gasteiger charge is -2.16. The van der Waals surface area contributed by atoms with Gasteiger partial charge in [0.15, 0.2) is 5.06 Å². The zero-order valence-electron chi connectivity index (χ0n) is 12.4. The molecule has 0 saturated carbocycles. The van der Waals surface area contributed by atoms with Crippen LogP contribution in [0.5, 0.6) is 5.06 Å². The summed E-state index contributed by atoms with van der Waals surface area (Å²) in [5.74, 6) is 0.251. The zero-order chi connectivity index (χ0) is 16.1. The number of methoxy groups -OCH3 is 1. The van der Waals surface area contributed by atoms with Crippen LogP contribution in [0.4, 0.5) is 8.78 Å². The molecular weight excluding hydrogens is 324 g/mol. The van der Waals surface area contributed by atoms with Crippen molar-refractivity contribution in [3.05, 3.63) is 34.0 Å². The van der Waals surface area contributed by atoms with Crippen molar-refractivity contribution in [1.29, 1.82) is 0 Å². The van der Waals surface area contributed by atoms with Gasteiger partial charge in [0.25, 0.3) is 12.3 Å². The van der Waals surface area contributed by atoms with Crippen LogP contribution in [0.1, 0.15) is 39.0 Å². The van der Waals surface area contributed by atoms with Crippen LogP contribution in [0.3, 0.4) is 0 Å². The van der Waals surface area contributed by atoms with E-state index in [1.165, 1.54) is 11.3 Å². The van der Waals surface area contributed by atoms with E-state index >= 15 is 0 Å². The predicted molar refractivity (Wildman–Crippen MR) is 80.3 cm³/mol. The number of hydrogen-bond donors (Lipinski definition) is 1. The average molecular weight is 339 g/mol. The van der Waals surface area contributed by atoms with Gasteiger partial charge in [-0.3, -0.25) is 9.89 Å². The lowest BCUT2D eigenvalue weighted by atomic mass is 9.99. The molecule has 0 aromatic carbocycles. The van der Waals surface area contributed by atoms with Crippen molar-refractivity contribution in [3.63, 3.8) is 0 Å². The summed E-state index contributed by atoms with van der Waals surface area (Å²) < 4.78 is 31.0. The molecule has 0 radical (unpaired) electrons. The molecule has 8 heteroatoms. The summed E-state index contributed by atoms with van der Waals surface area (Å²) in [7, 11) is 1.57. The highest BCUT2D eigenvalue weighted by molar-refractivity contribution is 7.15. The van der Waals surface area contributed by atoms with Gasteiger partial charge >= 0.3 is 0 Å². The Morgan fingerprint density at radius 3 is 3.00 bits per heavy atom. The van der Waals surface area contributed by atoms with Crippen LogP contribution in [-0.2, 0) is 6.42 Å². The summed E-state index contributed by atoms with van der Waals surface area (Å²) in [4.78, 5) is 15.0. The van der Waals surface area contributed by atoms with E-state index in [0.29, 0.717) is 35.0 Å². The van der Waals surface area contributed by atoms with Gasteiger partial charge in [-0.25, -0.2) is 8.78 Å². The normalized spacial score (nSPS) is 22.5. The summed E-state index contributed by atoms with van der Waals surface area (Å²) in [5, 5.41) is 7.21. The van der Waals surface area contributed by atoms with E-state index in [4.69, 9.17) is 4.74 Å². The fourth-order valence-electron chi connectivity index (χ4n) is 3.63. The number of nitrogens with one attached hydrogen (secondary N) is 1. The second-order valence-electron chi connectivity index (χ2n) is 5.91. The van der Waals surface area contributed by atoms with E-state index in [0.717, 1.165) is 5.69 Å². The van der Waals surface area contributed by atoms with Gasteiger partial charge in [-0.15, -0.1) is 0 Å². The van der Waals surface area contributed by atoms with Gasteiger partial charge in [0, 0.05) is 30.3 Å². The number of fused-ring (bicyclic) bond motifs is 3. The topological polar surface area (TPSA) is 58.2 Å². The number of ether oxygens (including phenoxy) is 1. The summed E-state index contributed by atoms with van der Waals surface area (Å²) in [5.41, 5.74) is 1.31. The second-order valence-corrected chi connectivity index (χ2v) is 6.95. The summed E-state index contributed by atoms with van der Waals surface area (Å²) >= 11 is 1.32. The van der Waals surface area contributed by atoms with Crippen molar-refractivity contribution in [3.8, 4) is 5.06 Å². The Morgan fingerprint density at radius 2 is 2.30 bits per heavy atom. The molecule has 3 heterocycles. The molecule has 0 spiro atoms. The zero-order valence-corrected chi connectivity index (χ0v) is 13.2. The molecule has 1 saturated heterocycles. The summed E-state index contributed by atoms with van der Waals surface area (Å²) in [6.45, 7) is 1.14. The maximum absolute atomic E-state index is 12.9. The molecule has 4 rings (SSSR count). The molecule has 1 amide bonds. The van der Waals surface area contributed by atoms with Crippen LogP contribution in [-0.4, -0.2) is 41.2 Å². The molecule has 1 aliphatic heterocycles. The molecule has 122 valence electrons. The Hall–Kier alpha value is -1.96. The van der Waals surface area contributed by atoms with Crippen LogP contribution in [0, 0.1) is 5.92 Å². The molecule has 2 atom stereocenters. The van der Waals surface area contributed by atoms with Gasteiger partial charge in [-0.2, -0.15) is 5.10 Å². The fraction of sp³-hybridized carbons (Fsp3) is 0.467. The number of amides is 1. The molecule has 1 aliphatic carbocycles. The Bertz CT molecular complexity index is 758. The highest BCUT2D eigenvalue weighted by Crippen LogP contribution is 2.45. The van der Waals surface area contributed by atoms with Crippen molar-refractivity contribution < 1.29 is 18.3 Å². The second kappa shape index (κ2) is 5.30. The van der Waals surface area contributed by atoms with E-state index in [1.54, 1.807) is 24.1 Å². The van der Waals surface area contributed by atoms with Gasteiger partial charge in [0.05, 0.1) is 12.0 Å². The molecule has 0 bridgehead atoms. The van der Waals surface area contributed by atoms with Crippen LogP contribution in [0.2, 0.25) is 0 Å². The first-order valence-corrected chi connectivity index (χ1v) is 8.18. The van der Waals surface area contributed by atoms with Crippen molar-refractivity contribution in [2.75, 3.05) is 20.2 Å². The predicted octanol–water partition coefficient (Wildman–Crippen LogP) is 2.83. The maximum atomic E-state index is 12.9. The number of nitrogens with zero attached hydrogens (tertiary/aromatic N) is 2. The van der Waals surface area contributed by atoms with Crippen molar-refractivity contribution in [1.82, 2.24) is 15.1 Å². The highest BCUT2D eigenvalue weighted by atomic mass is 32.1. The largest absolute Gasteiger partial charge is 0.487 e. The third-order valence-electron chi connectivity index (χ3n) is 4.70. The maximum Gasteiger partial charge on any atom is 0.282 e. The smallest absolute Gasteiger partial charge is 0.282 e. The number of carbonyl (C=O) groups excluding carboxylic acids is 1. The van der Waals surface area contributed by atoms with Gasteiger partial charge in [0.1, 0.15) is 5.69 Å². The minimum atomic E-state index is -2.55. The highest BCUT2D eigenvalue weighted by Gasteiger charge is 2.45. The number of likely N-dealkylation sites (tertiary alicyclic amines) is 1. The van der Waals surface area contributed by atoms with Crippen LogP contribution in [0.15, 0.2) is 12.1 Å². The first kappa shape index (κ1) is 14.6. The van der Waals surface area contributed by atoms with Gasteiger partial charge in [-0.05, 0) is 24.5 Å². The molecule has 2 aromatic rings. The third kappa shape index (κ3) is 2.23. The standard InChI is InChI=1S/C15H15F2N3O2S/c1-22-11-3-2-10(23-11)15(21)20-5-7-4-8-12(9(7)6-20)18-19-13(8)14(16)17/h2-3,7,9,14H,4-6H2,1H3,(H,18,19)/t7-,9+/m1/s1. The monoisotopic (exact) mass is 339 g/mol. The Labute approximate surface area is 135 Å². The van der Waals surface area contributed by atoms with E-state index < -0.39 is 6.43 Å². The van der Waals surface area contributed by atoms with Gasteiger partial charge in [0.2, 0.25) is 0 Å². The fourth-order valence-corrected chi connectivity index (χ4v) is 4.42. The number of aromatic amines is 1. The molecular formula is C15H15F2N3O2S. The third-order valence-corrected chi connectivity index (χ3v) is 5.73. The SMILES string of the molecule is COc1ccc(C(=O)N2C[C@H]3Cc4c(C(F)F)n[nH]c4[C@H]3C2)s1. The minimum Gasteiger partial charge on any atom is -0.487 e. The van der Waals surface area contributed by atoms with Gasteiger partial charge in [-0.1, -0.05) is 11.3 Å². The number of thiophene rings is 1. The van der Waals surface area contributed by atoms with Crippen LogP contribution in [0.25, 0.3) is 0 Å². The molecule has 2 aromatic heterocycles. The molecule has 0 unspecified atom stereocenters. The summed E-state index contributed by atoms with van der Waals surface area (Å²) in [6.07, 6.45) is -1.99. The first-order chi connectivity index (χ1) is 11.1. The molecule has 2 aliphatic rings. The van der Waals surface area contributed by atoms with E-state index in [2.05, 4.69) is 10.2 Å². The number of hydrogen-bond acceptors (Lipinski definition) is 4. The van der Waals surface area contributed by atoms with Crippen LogP contribution >= 0.6 is 11.3 Å². The van der Waals surface area contributed by atoms with E-state index in [1.807, 2.05) is 0 Å². The first-order valence-electron chi connectivity index (χ1n) is 7.36. The molecule has 23 heavy (non-hydrogen) atoms. The van der Waals surface area contributed by atoms with Gasteiger partial charge < -0.3 is 9.64 Å². The van der Waals surface area contributed by atoms with E-state index in [9.17, 15) is 13.6 Å².